The fourth-order valence-corrected chi connectivity index (χ4v) is 0.734. The van der Waals surface area contributed by atoms with E-state index >= 15 is 0 Å². The molecule has 1 heterocycles. The van der Waals surface area contributed by atoms with Gasteiger partial charge in [0.2, 0.25) is 0 Å². The Morgan fingerprint density at radius 3 is 3.00 bits per heavy atom. The van der Waals surface area contributed by atoms with E-state index in [-0.39, 0.29) is 6.42 Å². The molecule has 0 saturated carbocycles. The number of imidazole rings is 1. The van der Waals surface area contributed by atoms with Crippen molar-refractivity contribution in [3.8, 4) is 0 Å². The number of nitrogen functional groups attached to an aromatic ring is 1. The zero-order chi connectivity index (χ0) is 8.27. The number of hydrogen-bond donors (Lipinski definition) is 2. The predicted octanol–water partition coefficient (Wildman–Crippen LogP) is -0.0600. The topological polar surface area (TPSA) is 81.1 Å². The normalized spacial score (nSPS) is 9.82. The van der Waals surface area contributed by atoms with Crippen molar-refractivity contribution in [2.24, 2.45) is 0 Å². The van der Waals surface area contributed by atoms with Gasteiger partial charge in [0.25, 0.3) is 0 Å². The minimum absolute atomic E-state index is 0.0700. The van der Waals surface area contributed by atoms with Crippen LogP contribution in [0.4, 0.5) is 5.82 Å². The van der Waals surface area contributed by atoms with Gasteiger partial charge >= 0.3 is 5.97 Å². The van der Waals surface area contributed by atoms with Crippen molar-refractivity contribution in [1.82, 2.24) is 9.55 Å². The highest BCUT2D eigenvalue weighted by Gasteiger charge is 1.99. The lowest BCUT2D eigenvalue weighted by Gasteiger charge is -1.99. The number of anilines is 1. The van der Waals surface area contributed by atoms with E-state index in [9.17, 15) is 4.79 Å². The SMILES string of the molecule is Nc1cncn1CCC(=O)O. The van der Waals surface area contributed by atoms with E-state index < -0.39 is 5.97 Å². The molecule has 60 valence electrons. The number of aryl methyl sites for hydroxylation is 1. The molecule has 0 bridgehead atoms. The average molecular weight is 155 g/mol. The summed E-state index contributed by atoms with van der Waals surface area (Å²) in [5, 5.41) is 8.33. The van der Waals surface area contributed by atoms with Crippen LogP contribution in [-0.4, -0.2) is 20.6 Å². The number of carboxylic acids is 1. The zero-order valence-electron chi connectivity index (χ0n) is 5.90. The van der Waals surface area contributed by atoms with Gasteiger partial charge in [-0.05, 0) is 0 Å². The first kappa shape index (κ1) is 7.59. The third kappa shape index (κ3) is 1.96. The van der Waals surface area contributed by atoms with E-state index in [0.717, 1.165) is 0 Å². The summed E-state index contributed by atoms with van der Waals surface area (Å²) < 4.78 is 1.59. The number of nitrogens with zero attached hydrogens (tertiary/aromatic N) is 2. The second-order valence-electron chi connectivity index (χ2n) is 2.16. The number of aliphatic carboxylic acids is 1. The molecule has 1 aromatic rings. The maximum Gasteiger partial charge on any atom is 0.305 e. The smallest absolute Gasteiger partial charge is 0.305 e. The van der Waals surface area contributed by atoms with Crippen LogP contribution < -0.4 is 5.73 Å². The molecule has 1 aromatic heterocycles. The van der Waals surface area contributed by atoms with Gasteiger partial charge in [0.05, 0.1) is 18.9 Å². The summed E-state index contributed by atoms with van der Waals surface area (Å²) in [6.07, 6.45) is 3.07. The Balaban J connectivity index is 2.51. The molecule has 1 rings (SSSR count). The lowest BCUT2D eigenvalue weighted by atomic mass is 10.4. The predicted molar refractivity (Wildman–Crippen MR) is 38.9 cm³/mol. The molecule has 0 saturated heterocycles. The van der Waals surface area contributed by atoms with E-state index in [1.807, 2.05) is 0 Å². The van der Waals surface area contributed by atoms with Gasteiger partial charge < -0.3 is 15.4 Å². The van der Waals surface area contributed by atoms with Crippen molar-refractivity contribution in [2.75, 3.05) is 5.73 Å². The van der Waals surface area contributed by atoms with Crippen LogP contribution in [0.1, 0.15) is 6.42 Å². The van der Waals surface area contributed by atoms with Crippen LogP contribution in [0.2, 0.25) is 0 Å². The summed E-state index contributed by atoms with van der Waals surface area (Å²) in [7, 11) is 0. The highest BCUT2D eigenvalue weighted by Crippen LogP contribution is 2.00. The van der Waals surface area contributed by atoms with E-state index in [1.165, 1.54) is 12.5 Å². The molecule has 0 amide bonds. The summed E-state index contributed by atoms with van der Waals surface area (Å²) in [4.78, 5) is 13.9. The van der Waals surface area contributed by atoms with Crippen molar-refractivity contribution in [1.29, 1.82) is 0 Å². The summed E-state index contributed by atoms with van der Waals surface area (Å²) in [5.74, 6) is -0.343. The Bertz CT molecular complexity index is 256. The van der Waals surface area contributed by atoms with Gasteiger partial charge in [-0.1, -0.05) is 0 Å². The quantitative estimate of drug-likeness (QED) is 0.640. The van der Waals surface area contributed by atoms with Crippen LogP contribution in [0.5, 0.6) is 0 Å². The molecule has 0 aromatic carbocycles. The van der Waals surface area contributed by atoms with Crippen LogP contribution in [-0.2, 0) is 11.3 Å². The number of carbonyl (C=O) groups is 1. The van der Waals surface area contributed by atoms with Crippen molar-refractivity contribution < 1.29 is 9.90 Å². The fraction of sp³-hybridized carbons (Fsp3) is 0.333. The van der Waals surface area contributed by atoms with Crippen LogP contribution in [0, 0.1) is 0 Å². The molecule has 0 spiro atoms. The Labute approximate surface area is 63.5 Å². The second kappa shape index (κ2) is 3.05. The summed E-state index contributed by atoms with van der Waals surface area (Å²) >= 11 is 0. The molecule has 5 heteroatoms. The first-order chi connectivity index (χ1) is 5.20. The molecule has 3 N–H and O–H groups in total. The van der Waals surface area contributed by atoms with Crippen LogP contribution in [0.3, 0.4) is 0 Å². The molecule has 5 nitrogen and oxygen atoms in total. The van der Waals surface area contributed by atoms with Gasteiger partial charge in [-0.25, -0.2) is 4.98 Å². The highest BCUT2D eigenvalue weighted by molar-refractivity contribution is 5.66. The lowest BCUT2D eigenvalue weighted by molar-refractivity contribution is -0.137. The van der Waals surface area contributed by atoms with E-state index in [2.05, 4.69) is 4.98 Å². The molecule has 0 aliphatic rings. The van der Waals surface area contributed by atoms with Crippen LogP contribution in [0.25, 0.3) is 0 Å². The summed E-state index contributed by atoms with van der Waals surface area (Å²) in [5.41, 5.74) is 5.43. The number of nitrogens with two attached hydrogens (primary N) is 1. The van der Waals surface area contributed by atoms with Crippen molar-refractivity contribution in [3.63, 3.8) is 0 Å². The number of hydrogen-bond acceptors (Lipinski definition) is 3. The number of carboxylic acid groups (broad SMARTS) is 1. The minimum atomic E-state index is -0.835. The van der Waals surface area contributed by atoms with Crippen molar-refractivity contribution in [3.05, 3.63) is 12.5 Å². The monoisotopic (exact) mass is 155 g/mol. The van der Waals surface area contributed by atoms with Crippen molar-refractivity contribution >= 4 is 11.8 Å². The van der Waals surface area contributed by atoms with Gasteiger partial charge in [0.15, 0.2) is 0 Å². The van der Waals surface area contributed by atoms with Gasteiger partial charge in [-0.3, -0.25) is 4.79 Å². The van der Waals surface area contributed by atoms with E-state index in [1.54, 1.807) is 4.57 Å². The van der Waals surface area contributed by atoms with E-state index in [4.69, 9.17) is 10.8 Å². The third-order valence-electron chi connectivity index (χ3n) is 1.31. The Morgan fingerprint density at radius 1 is 1.82 bits per heavy atom. The number of aromatic nitrogens is 2. The molecule has 11 heavy (non-hydrogen) atoms. The molecule has 0 radical (unpaired) electrons. The van der Waals surface area contributed by atoms with Crippen LogP contribution in [0.15, 0.2) is 12.5 Å². The Kier molecular flexibility index (Phi) is 2.10. The Hall–Kier alpha value is -1.52. The van der Waals surface area contributed by atoms with Gasteiger partial charge in [-0.2, -0.15) is 0 Å². The lowest BCUT2D eigenvalue weighted by Crippen LogP contribution is -2.05. The molecule has 0 unspecified atom stereocenters. The van der Waals surface area contributed by atoms with Gasteiger partial charge in [0, 0.05) is 6.54 Å². The van der Waals surface area contributed by atoms with Gasteiger partial charge in [-0.15, -0.1) is 0 Å². The number of rotatable bonds is 3. The van der Waals surface area contributed by atoms with Crippen molar-refractivity contribution in [2.45, 2.75) is 13.0 Å². The minimum Gasteiger partial charge on any atom is -0.481 e. The first-order valence-corrected chi connectivity index (χ1v) is 3.17. The standard InChI is InChI=1S/C6H9N3O2/c7-5-3-8-4-9(5)2-1-6(10)11/h3-4H,1-2,7H2,(H,10,11). The molecular weight excluding hydrogens is 146 g/mol. The Morgan fingerprint density at radius 2 is 2.55 bits per heavy atom. The zero-order valence-corrected chi connectivity index (χ0v) is 5.90. The maximum absolute atomic E-state index is 10.1. The summed E-state index contributed by atoms with van der Waals surface area (Å²) in [6, 6.07) is 0. The van der Waals surface area contributed by atoms with Gasteiger partial charge in [0.1, 0.15) is 5.82 Å². The third-order valence-corrected chi connectivity index (χ3v) is 1.31. The highest BCUT2D eigenvalue weighted by atomic mass is 16.4. The summed E-state index contributed by atoms with van der Waals surface area (Å²) in [6.45, 7) is 0.376. The average Bonchev–Trinajstić information content (AvgIpc) is 2.31. The first-order valence-electron chi connectivity index (χ1n) is 3.17. The molecule has 0 fully saturated rings. The van der Waals surface area contributed by atoms with Crippen LogP contribution >= 0.6 is 0 Å². The largest absolute Gasteiger partial charge is 0.481 e. The maximum atomic E-state index is 10.1. The molecular formula is C6H9N3O2. The van der Waals surface area contributed by atoms with E-state index in [0.29, 0.717) is 12.4 Å². The molecule has 0 aliphatic heterocycles. The molecule has 0 aliphatic carbocycles. The second-order valence-corrected chi connectivity index (χ2v) is 2.16. The molecule has 0 atom stereocenters. The fourth-order valence-electron chi connectivity index (χ4n) is 0.734.